The molecule has 0 aliphatic carbocycles. The molecule has 0 bridgehead atoms. The van der Waals surface area contributed by atoms with Crippen LogP contribution in [0, 0.1) is 12.7 Å². The summed E-state index contributed by atoms with van der Waals surface area (Å²) in [5, 5.41) is 15.2. The molecule has 0 aliphatic heterocycles. The molecule has 130 valence electrons. The molecule has 8 heteroatoms. The molecule has 1 amide bonds. The number of hydrogen-bond donors (Lipinski definition) is 3. The zero-order valence-corrected chi connectivity index (χ0v) is 13.5. The number of halogens is 1. The van der Waals surface area contributed by atoms with Crippen LogP contribution in [-0.2, 0) is 11.2 Å². The molecule has 2 heterocycles. The van der Waals surface area contributed by atoms with Gasteiger partial charge in [0, 0.05) is 35.6 Å². The fraction of sp³-hybridized carbons (Fsp3) is 0.235. The van der Waals surface area contributed by atoms with Crippen LogP contribution in [0.1, 0.15) is 22.9 Å². The summed E-state index contributed by atoms with van der Waals surface area (Å²) >= 11 is 0. The van der Waals surface area contributed by atoms with Crippen LogP contribution in [0.5, 0.6) is 0 Å². The van der Waals surface area contributed by atoms with Gasteiger partial charge in [0.2, 0.25) is 5.91 Å². The van der Waals surface area contributed by atoms with Gasteiger partial charge in [-0.2, -0.15) is 0 Å². The highest BCUT2D eigenvalue weighted by Gasteiger charge is 2.16. The smallest absolute Gasteiger partial charge is 0.276 e. The third-order valence-electron chi connectivity index (χ3n) is 3.94. The van der Waals surface area contributed by atoms with Crippen LogP contribution in [0.25, 0.3) is 5.65 Å². The highest BCUT2D eigenvalue weighted by Crippen LogP contribution is 2.15. The molecule has 1 atom stereocenters. The molecule has 0 fully saturated rings. The number of benzene rings is 1. The van der Waals surface area contributed by atoms with Crippen molar-refractivity contribution in [3.8, 4) is 0 Å². The Hall–Kier alpha value is -3.00. The fourth-order valence-corrected chi connectivity index (χ4v) is 2.60. The van der Waals surface area contributed by atoms with Crippen molar-refractivity contribution in [3.63, 3.8) is 0 Å². The summed E-state index contributed by atoms with van der Waals surface area (Å²) in [5.41, 5.74) is 0.958. The molecule has 0 saturated carbocycles. The topological polar surface area (TPSA) is 99.5 Å². The van der Waals surface area contributed by atoms with Crippen LogP contribution in [0.2, 0.25) is 0 Å². The van der Waals surface area contributed by atoms with Crippen LogP contribution >= 0.6 is 0 Å². The zero-order chi connectivity index (χ0) is 18.0. The van der Waals surface area contributed by atoms with Gasteiger partial charge in [-0.1, -0.05) is 18.2 Å². The van der Waals surface area contributed by atoms with Gasteiger partial charge in [-0.15, -0.1) is 0 Å². The van der Waals surface area contributed by atoms with E-state index >= 15 is 0 Å². The number of aromatic nitrogens is 3. The number of aryl methyl sites for hydroxylation is 1. The summed E-state index contributed by atoms with van der Waals surface area (Å²) < 4.78 is 14.9. The normalized spacial score (nSPS) is 12.3. The SMILES string of the molecule is Cc1nc2cc[nH]n2c(=O)c1CC(=O)NCC(O)c1ccccc1F. The van der Waals surface area contributed by atoms with Crippen molar-refractivity contribution >= 4 is 11.6 Å². The molecule has 0 spiro atoms. The lowest BCUT2D eigenvalue weighted by Gasteiger charge is -2.13. The minimum atomic E-state index is -1.17. The van der Waals surface area contributed by atoms with Gasteiger partial charge in [-0.25, -0.2) is 13.9 Å². The van der Waals surface area contributed by atoms with Crippen molar-refractivity contribution in [2.75, 3.05) is 6.54 Å². The maximum Gasteiger partial charge on any atom is 0.276 e. The van der Waals surface area contributed by atoms with Crippen molar-refractivity contribution in [3.05, 3.63) is 69.5 Å². The molecule has 3 aromatic rings. The first-order valence-electron chi connectivity index (χ1n) is 7.72. The van der Waals surface area contributed by atoms with Gasteiger partial charge >= 0.3 is 0 Å². The van der Waals surface area contributed by atoms with E-state index in [1.54, 1.807) is 25.3 Å². The Balaban J connectivity index is 1.69. The lowest BCUT2D eigenvalue weighted by Crippen LogP contribution is -2.33. The maximum absolute atomic E-state index is 13.6. The molecular weight excluding hydrogens is 327 g/mol. The number of rotatable bonds is 5. The molecular formula is C17H17FN4O3. The number of H-pyrrole nitrogens is 1. The number of fused-ring (bicyclic) bond motifs is 1. The predicted molar refractivity (Wildman–Crippen MR) is 88.6 cm³/mol. The second-order valence-electron chi connectivity index (χ2n) is 5.66. The summed E-state index contributed by atoms with van der Waals surface area (Å²) in [6, 6.07) is 7.46. The highest BCUT2D eigenvalue weighted by atomic mass is 19.1. The van der Waals surface area contributed by atoms with Gasteiger partial charge in [0.1, 0.15) is 5.82 Å². The van der Waals surface area contributed by atoms with Crippen LogP contribution in [0.4, 0.5) is 4.39 Å². The average molecular weight is 344 g/mol. The zero-order valence-electron chi connectivity index (χ0n) is 13.5. The Kier molecular flexibility index (Phi) is 4.62. The minimum absolute atomic E-state index is 0.105. The maximum atomic E-state index is 13.6. The summed E-state index contributed by atoms with van der Waals surface area (Å²) in [6.07, 6.45) is 0.234. The van der Waals surface area contributed by atoms with Crippen LogP contribution in [-0.4, -0.2) is 32.2 Å². The Morgan fingerprint density at radius 3 is 2.92 bits per heavy atom. The van der Waals surface area contributed by atoms with Crippen molar-refractivity contribution in [2.45, 2.75) is 19.4 Å². The molecule has 3 rings (SSSR count). The summed E-state index contributed by atoms with van der Waals surface area (Å²) in [7, 11) is 0. The number of carbonyl (C=O) groups excluding carboxylic acids is 1. The molecule has 0 aliphatic rings. The van der Waals surface area contributed by atoms with Gasteiger partial charge in [0.25, 0.3) is 5.56 Å². The number of amides is 1. The van der Waals surface area contributed by atoms with E-state index in [1.807, 2.05) is 0 Å². The van der Waals surface area contributed by atoms with Crippen molar-refractivity contribution in [1.82, 2.24) is 19.9 Å². The Morgan fingerprint density at radius 1 is 1.40 bits per heavy atom. The molecule has 1 unspecified atom stereocenters. The molecule has 3 N–H and O–H groups in total. The van der Waals surface area contributed by atoms with Crippen LogP contribution < -0.4 is 10.9 Å². The number of aliphatic hydroxyl groups excluding tert-OH is 1. The number of aromatic amines is 1. The van der Waals surface area contributed by atoms with Gasteiger partial charge in [0.15, 0.2) is 5.65 Å². The predicted octanol–water partition coefficient (Wildman–Crippen LogP) is 0.862. The van der Waals surface area contributed by atoms with E-state index in [0.29, 0.717) is 11.3 Å². The van der Waals surface area contributed by atoms with Crippen molar-refractivity contribution in [2.24, 2.45) is 0 Å². The lowest BCUT2D eigenvalue weighted by atomic mass is 10.1. The lowest BCUT2D eigenvalue weighted by molar-refractivity contribution is -0.120. The second kappa shape index (κ2) is 6.86. The Morgan fingerprint density at radius 2 is 2.16 bits per heavy atom. The van der Waals surface area contributed by atoms with Crippen molar-refractivity contribution < 1.29 is 14.3 Å². The largest absolute Gasteiger partial charge is 0.386 e. The fourth-order valence-electron chi connectivity index (χ4n) is 2.60. The molecule has 0 saturated heterocycles. The van der Waals surface area contributed by atoms with Gasteiger partial charge in [-0.05, 0) is 13.0 Å². The van der Waals surface area contributed by atoms with E-state index in [1.165, 1.54) is 22.7 Å². The standard InChI is InChI=1S/C17H17FN4O3/c1-10-12(17(25)22-15(21-10)6-7-20-22)8-16(24)19-9-14(23)11-4-2-3-5-13(11)18/h2-7,14,20,23H,8-9H2,1H3,(H,19,24). The molecule has 2 aromatic heterocycles. The monoisotopic (exact) mass is 344 g/mol. The average Bonchev–Trinajstić information content (AvgIpc) is 3.05. The van der Waals surface area contributed by atoms with Crippen LogP contribution in [0.15, 0.2) is 41.3 Å². The number of nitrogens with one attached hydrogen (secondary N) is 2. The van der Waals surface area contributed by atoms with Gasteiger partial charge < -0.3 is 10.4 Å². The Bertz CT molecular complexity index is 979. The third-order valence-corrected chi connectivity index (χ3v) is 3.94. The number of aliphatic hydroxyl groups is 1. The van der Waals surface area contributed by atoms with E-state index in [4.69, 9.17) is 0 Å². The van der Waals surface area contributed by atoms with E-state index in [0.717, 1.165) is 0 Å². The Labute approximate surface area is 142 Å². The van der Waals surface area contributed by atoms with E-state index < -0.39 is 17.8 Å². The minimum Gasteiger partial charge on any atom is -0.386 e. The van der Waals surface area contributed by atoms with Crippen LogP contribution in [0.3, 0.4) is 0 Å². The summed E-state index contributed by atoms with van der Waals surface area (Å²) in [6.45, 7) is 1.50. The third kappa shape index (κ3) is 3.43. The summed E-state index contributed by atoms with van der Waals surface area (Å²) in [5.74, 6) is -0.997. The van der Waals surface area contributed by atoms with E-state index in [2.05, 4.69) is 15.4 Å². The van der Waals surface area contributed by atoms with E-state index in [9.17, 15) is 19.1 Å². The molecule has 1 aromatic carbocycles. The van der Waals surface area contributed by atoms with E-state index in [-0.39, 0.29) is 29.7 Å². The highest BCUT2D eigenvalue weighted by molar-refractivity contribution is 5.78. The molecule has 0 radical (unpaired) electrons. The quantitative estimate of drug-likeness (QED) is 0.639. The first kappa shape index (κ1) is 16.8. The van der Waals surface area contributed by atoms with Gasteiger partial charge in [-0.3, -0.25) is 14.7 Å². The number of carbonyl (C=O) groups is 1. The first-order valence-corrected chi connectivity index (χ1v) is 7.72. The van der Waals surface area contributed by atoms with Gasteiger partial charge in [0.05, 0.1) is 12.5 Å². The first-order chi connectivity index (χ1) is 12.0. The molecule has 25 heavy (non-hydrogen) atoms. The van der Waals surface area contributed by atoms with Crippen molar-refractivity contribution in [1.29, 1.82) is 0 Å². The summed E-state index contributed by atoms with van der Waals surface area (Å²) in [4.78, 5) is 28.7. The molecule has 7 nitrogen and oxygen atoms in total. The number of nitrogens with zero attached hydrogens (tertiary/aromatic N) is 2. The number of hydrogen-bond acceptors (Lipinski definition) is 4. The second-order valence-corrected chi connectivity index (χ2v) is 5.66.